The second kappa shape index (κ2) is 5.23. The zero-order valence-electron chi connectivity index (χ0n) is 9.97. The maximum atomic E-state index is 12.2. The summed E-state index contributed by atoms with van der Waals surface area (Å²) < 4.78 is 0. The van der Waals surface area contributed by atoms with Gasteiger partial charge in [0.05, 0.1) is 10.9 Å². The first-order valence-corrected chi connectivity index (χ1v) is 7.16. The number of nitrogens with one attached hydrogen (secondary N) is 1. The van der Waals surface area contributed by atoms with Crippen molar-refractivity contribution in [2.45, 2.75) is 16.6 Å². The van der Waals surface area contributed by atoms with Gasteiger partial charge in [0.2, 0.25) is 5.91 Å². The number of fused-ring (bicyclic) bond motifs is 1. The minimum Gasteiger partial charge on any atom is -0.322 e. The first kappa shape index (κ1) is 12.5. The number of nitrogens with zero attached hydrogens (tertiary/aromatic N) is 1. The molecule has 5 heteroatoms. The van der Waals surface area contributed by atoms with Crippen LogP contribution < -0.4 is 5.32 Å². The quantitative estimate of drug-likeness (QED) is 0.862. The summed E-state index contributed by atoms with van der Waals surface area (Å²) in [5, 5.41) is 3.05. The number of rotatable bonds is 2. The molecule has 0 fully saturated rings. The summed E-state index contributed by atoms with van der Waals surface area (Å²) in [6.45, 7) is 0. The van der Waals surface area contributed by atoms with Crippen molar-refractivity contribution in [1.29, 1.82) is 0 Å². The number of carbonyl (C=O) groups is 1. The van der Waals surface area contributed by atoms with Crippen molar-refractivity contribution in [2.75, 3.05) is 5.32 Å². The van der Waals surface area contributed by atoms with Gasteiger partial charge < -0.3 is 5.32 Å². The van der Waals surface area contributed by atoms with Gasteiger partial charge in [0.1, 0.15) is 0 Å². The third-order valence-electron chi connectivity index (χ3n) is 2.96. The molecule has 3 nitrogen and oxygen atoms in total. The van der Waals surface area contributed by atoms with Crippen molar-refractivity contribution in [1.82, 2.24) is 4.98 Å². The molecular weight excluding hydrogens is 280 g/mol. The van der Waals surface area contributed by atoms with Gasteiger partial charge in [-0.1, -0.05) is 29.8 Å². The van der Waals surface area contributed by atoms with E-state index in [1.54, 1.807) is 30.1 Å². The second-order valence-electron chi connectivity index (χ2n) is 4.25. The molecule has 0 spiro atoms. The molecule has 1 N–H and O–H groups in total. The Morgan fingerprint density at radius 3 is 2.95 bits per heavy atom. The molecule has 1 amide bonds. The highest BCUT2D eigenvalue weighted by Crippen LogP contribution is 2.37. The normalized spacial score (nSPS) is 17.0. The summed E-state index contributed by atoms with van der Waals surface area (Å²) in [5.41, 5.74) is 1.79. The van der Waals surface area contributed by atoms with Gasteiger partial charge in [-0.2, -0.15) is 0 Å². The predicted octanol–water partition coefficient (Wildman–Crippen LogP) is 3.39. The number of thioether (sulfide) groups is 1. The summed E-state index contributed by atoms with van der Waals surface area (Å²) in [5.74, 6) is -0.0314. The van der Waals surface area contributed by atoms with Crippen LogP contribution in [0.3, 0.4) is 0 Å². The monoisotopic (exact) mass is 290 g/mol. The van der Waals surface area contributed by atoms with Crippen LogP contribution in [0.2, 0.25) is 5.15 Å². The Balaban J connectivity index is 1.72. The number of anilines is 1. The number of aromatic nitrogens is 1. The maximum absolute atomic E-state index is 12.2. The van der Waals surface area contributed by atoms with Crippen molar-refractivity contribution in [2.24, 2.45) is 0 Å². The molecule has 96 valence electrons. The van der Waals surface area contributed by atoms with E-state index in [0.717, 1.165) is 6.42 Å². The van der Waals surface area contributed by atoms with Crippen LogP contribution in [0.1, 0.15) is 5.56 Å². The topological polar surface area (TPSA) is 42.0 Å². The molecule has 1 aliphatic heterocycles. The molecule has 0 bridgehead atoms. The molecule has 3 rings (SSSR count). The van der Waals surface area contributed by atoms with Gasteiger partial charge in [-0.15, -0.1) is 11.8 Å². The smallest absolute Gasteiger partial charge is 0.238 e. The third kappa shape index (κ3) is 2.60. The molecule has 1 aromatic carbocycles. The van der Waals surface area contributed by atoms with E-state index in [0.29, 0.717) is 10.8 Å². The minimum absolute atomic E-state index is 0.0314. The second-order valence-corrected chi connectivity index (χ2v) is 5.85. The average molecular weight is 291 g/mol. The Labute approximate surface area is 120 Å². The molecule has 2 aromatic rings. The van der Waals surface area contributed by atoms with E-state index < -0.39 is 0 Å². The molecule has 1 aromatic heterocycles. The van der Waals surface area contributed by atoms with E-state index in [2.05, 4.69) is 16.4 Å². The fourth-order valence-electron chi connectivity index (χ4n) is 2.02. The Hall–Kier alpha value is -1.52. The summed E-state index contributed by atoms with van der Waals surface area (Å²) >= 11 is 7.53. The molecule has 0 saturated heterocycles. The number of hydrogen-bond donors (Lipinski definition) is 1. The molecule has 1 atom stereocenters. The highest BCUT2D eigenvalue weighted by atomic mass is 35.5. The molecule has 0 aliphatic carbocycles. The zero-order chi connectivity index (χ0) is 13.2. The SMILES string of the molecule is O=C(Nc1cccnc1Cl)C1Cc2ccccc2S1. The highest BCUT2D eigenvalue weighted by molar-refractivity contribution is 8.01. The van der Waals surface area contributed by atoms with Crippen molar-refractivity contribution in [3.8, 4) is 0 Å². The number of hydrogen-bond acceptors (Lipinski definition) is 3. The molecular formula is C14H11ClN2OS. The first-order valence-electron chi connectivity index (χ1n) is 5.90. The van der Waals surface area contributed by atoms with E-state index in [4.69, 9.17) is 11.6 Å². The van der Waals surface area contributed by atoms with Gasteiger partial charge in [-0.3, -0.25) is 4.79 Å². The Kier molecular flexibility index (Phi) is 3.44. The highest BCUT2D eigenvalue weighted by Gasteiger charge is 2.28. The van der Waals surface area contributed by atoms with Gasteiger partial charge in [-0.05, 0) is 30.2 Å². The molecule has 0 saturated carbocycles. The van der Waals surface area contributed by atoms with Crippen LogP contribution in [0.5, 0.6) is 0 Å². The number of benzene rings is 1. The molecule has 2 heterocycles. The van der Waals surface area contributed by atoms with Gasteiger partial charge in [0.15, 0.2) is 5.15 Å². The van der Waals surface area contributed by atoms with Crippen molar-refractivity contribution in [3.05, 3.63) is 53.3 Å². The van der Waals surface area contributed by atoms with Gasteiger partial charge in [-0.25, -0.2) is 4.98 Å². The Bertz CT molecular complexity index is 607. The Morgan fingerprint density at radius 2 is 2.16 bits per heavy atom. The number of carbonyl (C=O) groups excluding carboxylic acids is 1. The van der Waals surface area contributed by atoms with E-state index in [-0.39, 0.29) is 11.2 Å². The van der Waals surface area contributed by atoms with Crippen molar-refractivity contribution >= 4 is 35.0 Å². The van der Waals surface area contributed by atoms with Crippen LogP contribution in [0.25, 0.3) is 0 Å². The molecule has 1 unspecified atom stereocenters. The number of halogens is 1. The molecule has 1 aliphatic rings. The van der Waals surface area contributed by atoms with E-state index in [9.17, 15) is 4.79 Å². The van der Waals surface area contributed by atoms with Crippen LogP contribution >= 0.6 is 23.4 Å². The number of amides is 1. The van der Waals surface area contributed by atoms with Gasteiger partial charge in [0, 0.05) is 11.1 Å². The summed E-state index contributed by atoms with van der Waals surface area (Å²) in [7, 11) is 0. The van der Waals surface area contributed by atoms with E-state index >= 15 is 0 Å². The van der Waals surface area contributed by atoms with Crippen molar-refractivity contribution in [3.63, 3.8) is 0 Å². The molecule has 19 heavy (non-hydrogen) atoms. The lowest BCUT2D eigenvalue weighted by Crippen LogP contribution is -2.24. The lowest BCUT2D eigenvalue weighted by atomic mass is 10.1. The van der Waals surface area contributed by atoms with Crippen LogP contribution in [0.4, 0.5) is 5.69 Å². The summed E-state index contributed by atoms with van der Waals surface area (Å²) in [4.78, 5) is 17.3. The first-order chi connectivity index (χ1) is 9.24. The van der Waals surface area contributed by atoms with Crippen LogP contribution in [-0.4, -0.2) is 16.1 Å². The number of pyridine rings is 1. The lowest BCUT2D eigenvalue weighted by Gasteiger charge is -2.10. The standard InChI is InChI=1S/C14H11ClN2OS/c15-13-10(5-3-7-16-13)17-14(18)12-8-9-4-1-2-6-11(9)19-12/h1-7,12H,8H2,(H,17,18). The van der Waals surface area contributed by atoms with Crippen LogP contribution in [0, 0.1) is 0 Å². The summed E-state index contributed by atoms with van der Waals surface area (Å²) in [6, 6.07) is 11.6. The lowest BCUT2D eigenvalue weighted by molar-refractivity contribution is -0.115. The largest absolute Gasteiger partial charge is 0.322 e. The maximum Gasteiger partial charge on any atom is 0.238 e. The zero-order valence-corrected chi connectivity index (χ0v) is 11.5. The van der Waals surface area contributed by atoms with Crippen LogP contribution in [-0.2, 0) is 11.2 Å². The molecule has 0 radical (unpaired) electrons. The van der Waals surface area contributed by atoms with Gasteiger partial charge >= 0.3 is 0 Å². The fourth-order valence-corrected chi connectivity index (χ4v) is 3.38. The summed E-state index contributed by atoms with van der Waals surface area (Å²) in [6.07, 6.45) is 2.35. The van der Waals surface area contributed by atoms with E-state index in [1.807, 2.05) is 18.2 Å². The third-order valence-corrected chi connectivity index (χ3v) is 4.58. The van der Waals surface area contributed by atoms with Crippen LogP contribution in [0.15, 0.2) is 47.5 Å². The van der Waals surface area contributed by atoms with Crippen molar-refractivity contribution < 1.29 is 4.79 Å². The predicted molar refractivity (Wildman–Crippen MR) is 77.7 cm³/mol. The Morgan fingerprint density at radius 1 is 1.32 bits per heavy atom. The fraction of sp³-hybridized carbons (Fsp3) is 0.143. The van der Waals surface area contributed by atoms with E-state index in [1.165, 1.54) is 10.5 Å². The average Bonchev–Trinajstić information content (AvgIpc) is 2.85. The minimum atomic E-state index is -0.103. The van der Waals surface area contributed by atoms with Gasteiger partial charge in [0.25, 0.3) is 0 Å².